The van der Waals surface area contributed by atoms with Crippen molar-refractivity contribution in [1.29, 1.82) is 0 Å². The monoisotopic (exact) mass is 615 g/mol. The molecule has 1 aromatic heterocycles. The summed E-state index contributed by atoms with van der Waals surface area (Å²) in [7, 11) is 3.10. The summed E-state index contributed by atoms with van der Waals surface area (Å²) in [4.78, 5) is 53.9. The lowest BCUT2D eigenvalue weighted by Gasteiger charge is -2.50. The fourth-order valence-electron chi connectivity index (χ4n) is 6.85. The molecule has 11 nitrogen and oxygen atoms in total. The molecule has 7 N–H and O–H groups in total. The second-order valence-electron chi connectivity index (χ2n) is 11.5. The maximum Gasteiger partial charge on any atom is 0.265 e. The van der Waals surface area contributed by atoms with Crippen molar-refractivity contribution in [3.8, 4) is 16.9 Å². The smallest absolute Gasteiger partial charge is 0.265 e. The van der Waals surface area contributed by atoms with Gasteiger partial charge in [0, 0.05) is 17.2 Å². The number of benzene rings is 2. The molecule has 1 saturated carbocycles. The standard InChI is InChI=1S/C32H29N3O8S/c1-35(2)25-19-13-15-12-18-17(14-5-7-16(8-6-14)34-31(42)21-4-3-11-44-21)9-10-20(36)23(18)26(37)22(15)28(39)32(19,43)29(40)24(27(25)38)30(33)41/h3-11,15,19,25,36-37,40,43H,12-13H2,1-2H3,(H2,33,41)(H,34,42). The number of anilines is 1. The molecule has 0 bridgehead atoms. The van der Waals surface area contributed by atoms with Gasteiger partial charge in [-0.05, 0) is 79.2 Å². The van der Waals surface area contributed by atoms with Crippen LogP contribution in [0.25, 0.3) is 16.9 Å². The van der Waals surface area contributed by atoms with Crippen LogP contribution in [0.2, 0.25) is 0 Å². The molecular formula is C32H29N3O8S. The van der Waals surface area contributed by atoms with E-state index in [4.69, 9.17) is 5.73 Å². The Balaban J connectivity index is 1.43. The Kier molecular flexibility index (Phi) is 6.95. The second-order valence-corrected chi connectivity index (χ2v) is 12.4. The van der Waals surface area contributed by atoms with Gasteiger partial charge in [-0.25, -0.2) is 0 Å². The molecule has 1 heterocycles. The molecule has 12 heteroatoms. The molecule has 4 unspecified atom stereocenters. The summed E-state index contributed by atoms with van der Waals surface area (Å²) < 4.78 is 0. The normalized spacial score (nSPS) is 24.6. The number of ketones is 2. The number of amides is 2. The van der Waals surface area contributed by atoms with Crippen LogP contribution in [0.3, 0.4) is 0 Å². The van der Waals surface area contributed by atoms with Crippen molar-refractivity contribution in [2.75, 3.05) is 19.4 Å². The molecule has 3 aliphatic carbocycles. The van der Waals surface area contributed by atoms with Gasteiger partial charge in [-0.15, -0.1) is 11.3 Å². The number of likely N-dealkylation sites (N-methyl/N-ethyl adjacent to an activating group) is 1. The van der Waals surface area contributed by atoms with Crippen LogP contribution in [0.5, 0.6) is 5.75 Å². The van der Waals surface area contributed by atoms with Crippen LogP contribution in [0.4, 0.5) is 5.69 Å². The molecule has 0 spiro atoms. The Morgan fingerprint density at radius 2 is 1.75 bits per heavy atom. The topological polar surface area (TPSA) is 190 Å². The first-order chi connectivity index (χ1) is 20.9. The van der Waals surface area contributed by atoms with Gasteiger partial charge < -0.3 is 31.5 Å². The molecule has 226 valence electrons. The maximum atomic E-state index is 14.0. The van der Waals surface area contributed by atoms with Crippen LogP contribution in [-0.2, 0) is 20.8 Å². The van der Waals surface area contributed by atoms with Crippen LogP contribution in [-0.4, -0.2) is 74.4 Å². The van der Waals surface area contributed by atoms with Gasteiger partial charge >= 0.3 is 0 Å². The Hall–Kier alpha value is -4.78. The van der Waals surface area contributed by atoms with Gasteiger partial charge in [0.15, 0.2) is 11.4 Å². The highest BCUT2D eigenvalue weighted by molar-refractivity contribution is 7.12. The van der Waals surface area contributed by atoms with Crippen LogP contribution in [0.15, 0.2) is 70.8 Å². The average Bonchev–Trinajstić information content (AvgIpc) is 3.51. The van der Waals surface area contributed by atoms with Crippen LogP contribution in [0.1, 0.15) is 27.2 Å². The van der Waals surface area contributed by atoms with E-state index in [-0.39, 0.29) is 35.6 Å². The molecule has 3 aliphatic rings. The molecule has 4 atom stereocenters. The van der Waals surface area contributed by atoms with E-state index in [1.165, 1.54) is 22.3 Å². The number of nitrogens with zero attached hydrogens (tertiary/aromatic N) is 1. The highest BCUT2D eigenvalue weighted by Crippen LogP contribution is 2.53. The van der Waals surface area contributed by atoms with Gasteiger partial charge in [-0.1, -0.05) is 24.3 Å². The van der Waals surface area contributed by atoms with Crippen molar-refractivity contribution in [2.24, 2.45) is 17.6 Å². The van der Waals surface area contributed by atoms with Gasteiger partial charge in [0.05, 0.1) is 16.5 Å². The highest BCUT2D eigenvalue weighted by atomic mass is 32.1. The lowest BCUT2D eigenvalue weighted by molar-refractivity contribution is -0.153. The van der Waals surface area contributed by atoms with E-state index in [9.17, 15) is 39.6 Å². The number of aromatic hydroxyl groups is 1. The number of primary amides is 1. The number of aliphatic hydroxyl groups is 3. The first-order valence-corrected chi connectivity index (χ1v) is 14.7. The molecule has 2 amide bonds. The van der Waals surface area contributed by atoms with Crippen molar-refractivity contribution < 1.29 is 39.6 Å². The minimum absolute atomic E-state index is 0.00541. The zero-order chi connectivity index (χ0) is 31.7. The third-order valence-electron chi connectivity index (χ3n) is 8.80. The van der Waals surface area contributed by atoms with Crippen molar-refractivity contribution in [2.45, 2.75) is 24.5 Å². The molecular weight excluding hydrogens is 586 g/mol. The summed E-state index contributed by atoms with van der Waals surface area (Å²) in [6.07, 6.45) is 0.156. The molecule has 6 rings (SSSR count). The zero-order valence-electron chi connectivity index (χ0n) is 23.7. The van der Waals surface area contributed by atoms with Crippen molar-refractivity contribution in [1.82, 2.24) is 4.90 Å². The van der Waals surface area contributed by atoms with E-state index >= 15 is 0 Å². The number of phenolic OH excluding ortho intramolecular Hbond substituents is 1. The Labute approximate surface area is 255 Å². The van der Waals surface area contributed by atoms with E-state index in [2.05, 4.69) is 5.32 Å². The third-order valence-corrected chi connectivity index (χ3v) is 9.67. The molecule has 0 aliphatic heterocycles. The highest BCUT2D eigenvalue weighted by Gasteiger charge is 2.64. The van der Waals surface area contributed by atoms with Crippen LogP contribution >= 0.6 is 11.3 Å². The summed E-state index contributed by atoms with van der Waals surface area (Å²) in [5.74, 6) is -7.22. The van der Waals surface area contributed by atoms with Gasteiger partial charge in [-0.3, -0.25) is 24.1 Å². The van der Waals surface area contributed by atoms with Crippen LogP contribution < -0.4 is 11.1 Å². The van der Waals surface area contributed by atoms with Crippen molar-refractivity contribution >= 4 is 46.2 Å². The quantitative estimate of drug-likeness (QED) is 0.234. The number of hydrogen-bond acceptors (Lipinski definition) is 10. The predicted molar refractivity (Wildman–Crippen MR) is 162 cm³/mol. The number of nitrogens with two attached hydrogens (primary N) is 1. The number of rotatable bonds is 5. The minimum Gasteiger partial charge on any atom is -0.508 e. The van der Waals surface area contributed by atoms with Gasteiger partial charge in [0.25, 0.3) is 11.8 Å². The molecule has 44 heavy (non-hydrogen) atoms. The zero-order valence-corrected chi connectivity index (χ0v) is 24.5. The Bertz CT molecular complexity index is 1810. The summed E-state index contributed by atoms with van der Waals surface area (Å²) in [5, 5.41) is 49.7. The number of carbonyl (C=O) groups excluding carboxylic acids is 4. The third kappa shape index (κ3) is 4.25. The lowest BCUT2D eigenvalue weighted by Crippen LogP contribution is -2.65. The van der Waals surface area contributed by atoms with E-state index in [1.807, 2.05) is 5.38 Å². The fraction of sp³-hybridized carbons (Fsp3) is 0.250. The van der Waals surface area contributed by atoms with E-state index in [0.29, 0.717) is 21.7 Å². The van der Waals surface area contributed by atoms with Gasteiger partial charge in [-0.2, -0.15) is 0 Å². The largest absolute Gasteiger partial charge is 0.508 e. The van der Waals surface area contributed by atoms with E-state index < -0.39 is 58.0 Å². The van der Waals surface area contributed by atoms with E-state index in [0.717, 1.165) is 5.56 Å². The number of fused-ring (bicyclic) bond motifs is 3. The van der Waals surface area contributed by atoms with Crippen LogP contribution in [0, 0.1) is 11.8 Å². The molecule has 0 saturated heterocycles. The fourth-order valence-corrected chi connectivity index (χ4v) is 7.47. The summed E-state index contributed by atoms with van der Waals surface area (Å²) in [6.45, 7) is 0. The number of phenols is 1. The molecule has 1 fully saturated rings. The summed E-state index contributed by atoms with van der Waals surface area (Å²) >= 11 is 1.32. The number of nitrogens with one attached hydrogen (secondary N) is 1. The first-order valence-electron chi connectivity index (χ1n) is 13.8. The molecule has 2 aromatic carbocycles. The maximum absolute atomic E-state index is 14.0. The number of thiophene rings is 1. The second kappa shape index (κ2) is 10.4. The number of Topliss-reactive ketones (excluding diaryl/α,β-unsaturated/α-hetero) is 2. The molecule has 3 aromatic rings. The van der Waals surface area contributed by atoms with Gasteiger partial charge in [0.2, 0.25) is 5.78 Å². The summed E-state index contributed by atoms with van der Waals surface area (Å²) in [5.41, 5.74) is 4.12. The first kappa shape index (κ1) is 29.3. The lowest BCUT2D eigenvalue weighted by atomic mass is 9.57. The Morgan fingerprint density at radius 1 is 1.05 bits per heavy atom. The van der Waals surface area contributed by atoms with E-state index in [1.54, 1.807) is 56.6 Å². The number of hydrogen-bond donors (Lipinski definition) is 6. The number of carbonyl (C=O) groups is 4. The number of aliphatic hydroxyl groups excluding tert-OH is 2. The SMILES string of the molecule is CN(C)C1C(=O)C(C(N)=O)=C(O)C2(O)C(=O)C3=C(O)c4c(O)ccc(-c5ccc(NC(=O)c6cccs6)cc5)c4CC3CC12. The average molecular weight is 616 g/mol. The molecule has 0 radical (unpaired) electrons. The minimum atomic E-state index is -2.69. The predicted octanol–water partition coefficient (Wildman–Crippen LogP) is 2.94. The Morgan fingerprint density at radius 3 is 2.36 bits per heavy atom. The van der Waals surface area contributed by atoms with Gasteiger partial charge in [0.1, 0.15) is 22.8 Å². The van der Waals surface area contributed by atoms with Crippen molar-refractivity contribution in [3.05, 3.63) is 86.8 Å². The van der Waals surface area contributed by atoms with Crippen molar-refractivity contribution in [3.63, 3.8) is 0 Å². The summed E-state index contributed by atoms with van der Waals surface area (Å²) in [6, 6.07) is 12.5.